The number of aromatic nitrogens is 1. The van der Waals surface area contributed by atoms with Gasteiger partial charge in [-0.15, -0.1) is 0 Å². The van der Waals surface area contributed by atoms with Gasteiger partial charge < -0.3 is 29.6 Å². The topological polar surface area (TPSA) is 142 Å². The predicted octanol–water partition coefficient (Wildman–Crippen LogP) is 2.28. The van der Waals surface area contributed by atoms with E-state index >= 15 is 0 Å². The van der Waals surface area contributed by atoms with Gasteiger partial charge in [-0.1, -0.05) is 43.7 Å². The number of cyclic esters (lactones) is 1. The summed E-state index contributed by atoms with van der Waals surface area (Å²) in [6.45, 7) is 5.57. The van der Waals surface area contributed by atoms with Crippen LogP contribution in [-0.4, -0.2) is 82.0 Å². The first-order valence-electron chi connectivity index (χ1n) is 13.3. The number of rotatable bonds is 2. The fourth-order valence-electron chi connectivity index (χ4n) is 4.74. The Bertz CT molecular complexity index is 1100. The van der Waals surface area contributed by atoms with E-state index in [4.69, 9.17) is 9.15 Å². The van der Waals surface area contributed by atoms with Gasteiger partial charge >= 0.3 is 5.97 Å². The summed E-state index contributed by atoms with van der Waals surface area (Å²) < 4.78 is 25.7. The van der Waals surface area contributed by atoms with Crippen LogP contribution in [0.1, 0.15) is 56.4 Å². The molecule has 1 fully saturated rings. The molecule has 2 amide bonds. The highest BCUT2D eigenvalue weighted by Crippen LogP contribution is 2.25. The molecule has 0 aliphatic carbocycles. The largest absolute Gasteiger partial charge is 0.460 e. The number of fused-ring (bicyclic) bond motifs is 3. The molecule has 39 heavy (non-hydrogen) atoms. The van der Waals surface area contributed by atoms with Gasteiger partial charge in [0.05, 0.1) is 12.5 Å². The monoisotopic (exact) mass is 547 g/mol. The van der Waals surface area contributed by atoms with Crippen LogP contribution in [0, 0.1) is 11.8 Å². The van der Waals surface area contributed by atoms with Gasteiger partial charge in [-0.25, -0.2) is 14.2 Å². The third-order valence-corrected chi connectivity index (χ3v) is 6.85. The average Bonchev–Trinajstić information content (AvgIpc) is 3.57. The minimum Gasteiger partial charge on any atom is -0.460 e. The van der Waals surface area contributed by atoms with E-state index in [2.05, 4.69) is 10.3 Å². The number of hydrogen-bond acceptors (Lipinski definition) is 8. The summed E-state index contributed by atoms with van der Waals surface area (Å²) in [5.41, 5.74) is 0.651. The number of carbonyl (C=O) groups excluding carboxylic acids is 3. The fraction of sp³-hybridized carbons (Fsp3) is 0.571. The van der Waals surface area contributed by atoms with Crippen LogP contribution in [0.2, 0.25) is 0 Å². The Morgan fingerprint density at radius 2 is 2.05 bits per heavy atom. The highest BCUT2D eigenvalue weighted by molar-refractivity contribution is 5.95. The first-order chi connectivity index (χ1) is 18.6. The summed E-state index contributed by atoms with van der Waals surface area (Å²) in [5.74, 6) is -2.29. The molecule has 0 aromatic carbocycles. The van der Waals surface area contributed by atoms with E-state index in [-0.39, 0.29) is 43.5 Å². The van der Waals surface area contributed by atoms with Crippen LogP contribution in [0.15, 0.2) is 46.6 Å². The van der Waals surface area contributed by atoms with Crippen molar-refractivity contribution in [2.24, 2.45) is 11.8 Å². The van der Waals surface area contributed by atoms with E-state index in [0.29, 0.717) is 25.0 Å². The molecule has 2 bridgehead atoms. The quantitative estimate of drug-likeness (QED) is 0.479. The van der Waals surface area contributed by atoms with E-state index in [1.165, 1.54) is 17.1 Å². The second-order valence-electron chi connectivity index (χ2n) is 10.2. The maximum Gasteiger partial charge on any atom is 0.329 e. The minimum absolute atomic E-state index is 0.0172. The molecule has 11 heteroatoms. The van der Waals surface area contributed by atoms with Crippen molar-refractivity contribution in [1.82, 2.24) is 15.2 Å². The molecule has 214 valence electrons. The van der Waals surface area contributed by atoms with Crippen molar-refractivity contribution < 1.29 is 38.1 Å². The number of nitrogens with zero attached hydrogens (tertiary/aromatic N) is 2. The number of nitrogens with one attached hydrogen (secondary N) is 1. The van der Waals surface area contributed by atoms with Gasteiger partial charge in [0.1, 0.15) is 24.6 Å². The number of aliphatic hydroxyl groups excluding tert-OH is 2. The Kier molecular flexibility index (Phi) is 11.0. The van der Waals surface area contributed by atoms with Gasteiger partial charge in [-0.3, -0.25) is 9.59 Å². The lowest BCUT2D eigenvalue weighted by Gasteiger charge is -2.30. The molecule has 10 nitrogen and oxygen atoms in total. The number of halogens is 1. The summed E-state index contributed by atoms with van der Waals surface area (Å²) in [6.07, 6.45) is 6.33. The van der Waals surface area contributed by atoms with Gasteiger partial charge in [-0.05, 0) is 25.8 Å². The van der Waals surface area contributed by atoms with E-state index in [0.717, 1.165) is 6.26 Å². The van der Waals surface area contributed by atoms with E-state index in [1.54, 1.807) is 39.0 Å². The fourth-order valence-corrected chi connectivity index (χ4v) is 4.74. The van der Waals surface area contributed by atoms with Crippen molar-refractivity contribution in [3.8, 4) is 0 Å². The number of ether oxygens (including phenoxy) is 1. The van der Waals surface area contributed by atoms with Crippen molar-refractivity contribution in [2.75, 3.05) is 19.7 Å². The number of hydrogen-bond donors (Lipinski definition) is 3. The lowest BCUT2D eigenvalue weighted by molar-refractivity contribution is -0.159. The Labute approximate surface area is 227 Å². The number of aliphatic hydroxyl groups is 2. The van der Waals surface area contributed by atoms with Gasteiger partial charge in [0.2, 0.25) is 5.91 Å². The first kappa shape index (κ1) is 30.2. The summed E-state index contributed by atoms with van der Waals surface area (Å²) in [7, 11) is 0. The number of amides is 2. The molecule has 2 aliphatic heterocycles. The van der Waals surface area contributed by atoms with Crippen LogP contribution < -0.4 is 5.32 Å². The average molecular weight is 548 g/mol. The number of carbonyl (C=O) groups is 3. The maximum atomic E-state index is 14.6. The molecule has 0 spiro atoms. The number of esters is 1. The highest BCUT2D eigenvalue weighted by atomic mass is 19.1. The second-order valence-corrected chi connectivity index (χ2v) is 10.2. The normalized spacial score (nSPS) is 31.8. The third kappa shape index (κ3) is 8.59. The molecular formula is C28H38FN3O7. The molecular weight excluding hydrogens is 509 g/mol. The molecule has 0 saturated carbocycles. The molecule has 6 unspecified atom stereocenters. The lowest BCUT2D eigenvalue weighted by Crippen LogP contribution is -2.44. The Balaban J connectivity index is 1.86. The second kappa shape index (κ2) is 14.2. The van der Waals surface area contributed by atoms with Crippen LogP contribution in [0.25, 0.3) is 0 Å². The van der Waals surface area contributed by atoms with Crippen LogP contribution in [-0.2, 0) is 20.7 Å². The van der Waals surface area contributed by atoms with Crippen LogP contribution in [0.3, 0.4) is 0 Å². The van der Waals surface area contributed by atoms with Crippen molar-refractivity contribution in [1.29, 1.82) is 0 Å². The Morgan fingerprint density at radius 3 is 2.79 bits per heavy atom. The molecule has 1 aromatic heterocycles. The molecule has 0 radical (unpaired) electrons. The number of oxazole rings is 1. The van der Waals surface area contributed by atoms with Gasteiger partial charge in [0.25, 0.3) is 5.91 Å². The lowest BCUT2D eigenvalue weighted by atomic mass is 9.93. The zero-order valence-corrected chi connectivity index (χ0v) is 22.6. The van der Waals surface area contributed by atoms with E-state index in [1.807, 2.05) is 0 Å². The summed E-state index contributed by atoms with van der Waals surface area (Å²) >= 11 is 0. The van der Waals surface area contributed by atoms with E-state index in [9.17, 15) is 29.0 Å². The summed E-state index contributed by atoms with van der Waals surface area (Å²) in [5, 5.41) is 22.7. The van der Waals surface area contributed by atoms with Crippen molar-refractivity contribution in [2.45, 2.75) is 70.9 Å². The molecule has 3 rings (SSSR count). The van der Waals surface area contributed by atoms with E-state index < -0.39 is 48.1 Å². The molecule has 1 saturated heterocycles. The SMILES string of the molecule is CC1=C\C(O)CC(F)Cc2nc(co2)C(=O)N2CCCC2C(=O)OC(C(C)CO)C(C)/C=C/C(=O)NC\C=C\1. The molecule has 1 aromatic rings. The number of allylic oxidation sites excluding steroid dienone is 2. The summed E-state index contributed by atoms with van der Waals surface area (Å²) in [6, 6.07) is -0.849. The maximum absolute atomic E-state index is 14.6. The predicted molar refractivity (Wildman–Crippen MR) is 140 cm³/mol. The minimum atomic E-state index is -1.47. The Morgan fingerprint density at radius 1 is 1.28 bits per heavy atom. The molecule has 2 aliphatic rings. The van der Waals surface area contributed by atoms with Crippen molar-refractivity contribution >= 4 is 17.8 Å². The summed E-state index contributed by atoms with van der Waals surface area (Å²) in [4.78, 5) is 44.1. The van der Waals surface area contributed by atoms with Crippen LogP contribution in [0.4, 0.5) is 4.39 Å². The Hall–Kier alpha value is -3.31. The third-order valence-electron chi connectivity index (χ3n) is 6.85. The first-order valence-corrected chi connectivity index (χ1v) is 13.3. The molecule has 3 heterocycles. The smallest absolute Gasteiger partial charge is 0.329 e. The van der Waals surface area contributed by atoms with Gasteiger partial charge in [0, 0.05) is 38.0 Å². The zero-order valence-electron chi connectivity index (χ0n) is 22.6. The zero-order chi connectivity index (χ0) is 28.5. The van der Waals surface area contributed by atoms with Crippen molar-refractivity contribution in [3.05, 3.63) is 53.8 Å². The molecule has 6 atom stereocenters. The molecule has 3 N–H and O–H groups in total. The number of alkyl halides is 1. The van der Waals surface area contributed by atoms with Gasteiger partial charge in [-0.2, -0.15) is 0 Å². The van der Waals surface area contributed by atoms with Crippen molar-refractivity contribution in [3.63, 3.8) is 0 Å². The van der Waals surface area contributed by atoms with Gasteiger partial charge in [0.15, 0.2) is 11.6 Å². The van der Waals surface area contributed by atoms with Crippen LogP contribution >= 0.6 is 0 Å². The standard InChI is InChI=1S/C28H38FN3O7/c1-17-6-4-10-30-24(35)9-8-18(2)26(19(3)15-33)39-28(37)23-7-5-11-32(23)27(36)22-16-38-25(31-22)14-20(29)13-21(34)12-17/h4,6,8-9,12,16,18-21,23,26,33-34H,5,7,10-11,13-15H2,1-3H3,(H,30,35)/b6-4+,9-8+,17-12+. The highest BCUT2D eigenvalue weighted by Gasteiger charge is 2.39. The van der Waals surface area contributed by atoms with Crippen LogP contribution in [0.5, 0.6) is 0 Å².